The lowest BCUT2D eigenvalue weighted by Gasteiger charge is -2.34. The lowest BCUT2D eigenvalue weighted by atomic mass is 10.00. The summed E-state index contributed by atoms with van der Waals surface area (Å²) in [6, 6.07) is 20.7. The average Bonchev–Trinajstić information content (AvgIpc) is 2.89. The van der Waals surface area contributed by atoms with Gasteiger partial charge in [0.25, 0.3) is 0 Å². The minimum Gasteiger partial charge on any atom is -0.350 e. The lowest BCUT2D eigenvalue weighted by molar-refractivity contribution is -0.142. The zero-order chi connectivity index (χ0) is 30.2. The van der Waals surface area contributed by atoms with Crippen molar-refractivity contribution in [1.29, 1.82) is 0 Å². The van der Waals surface area contributed by atoms with Crippen LogP contribution < -0.4 is 9.62 Å². The van der Waals surface area contributed by atoms with E-state index in [2.05, 4.69) is 5.32 Å². The Morgan fingerprint density at radius 2 is 1.46 bits per heavy atom. The van der Waals surface area contributed by atoms with Gasteiger partial charge in [-0.25, -0.2) is 17.2 Å². The van der Waals surface area contributed by atoms with Crippen molar-refractivity contribution in [2.45, 2.75) is 58.2 Å². The number of nitrogens with one attached hydrogen (secondary N) is 1. The summed E-state index contributed by atoms with van der Waals surface area (Å²) >= 11 is 0. The molecule has 3 aromatic rings. The maximum Gasteiger partial charge on any atom is 0.243 e. The summed E-state index contributed by atoms with van der Waals surface area (Å²) in [6.07, 6.45) is 1.27. The predicted octanol–water partition coefficient (Wildman–Crippen LogP) is 5.07. The lowest BCUT2D eigenvalue weighted by Crippen LogP contribution is -2.54. The zero-order valence-electron chi connectivity index (χ0n) is 23.8. The standard InChI is InChI=1S/C31H37F2N3O4S/c1-31(2,3)34-30(38)28(20-23-12-7-5-8-13-23)35(22-24-14-9-6-10-15-24)29(37)16-11-19-36(41(4,39)40)25-17-18-26(32)27(33)21-25/h5-10,12-15,17-18,21,28H,11,16,19-20,22H2,1-4H3,(H,34,38)/t28-/m1/s1. The van der Waals surface area contributed by atoms with Crippen molar-refractivity contribution >= 4 is 27.5 Å². The van der Waals surface area contributed by atoms with Crippen LogP contribution in [0.1, 0.15) is 44.7 Å². The van der Waals surface area contributed by atoms with Crippen LogP contribution in [0.15, 0.2) is 78.9 Å². The second-order valence-corrected chi connectivity index (χ2v) is 12.9. The van der Waals surface area contributed by atoms with Gasteiger partial charge in [0.15, 0.2) is 11.6 Å². The molecule has 0 bridgehead atoms. The minimum atomic E-state index is -3.85. The van der Waals surface area contributed by atoms with E-state index in [0.717, 1.165) is 33.8 Å². The molecular weight excluding hydrogens is 548 g/mol. The Morgan fingerprint density at radius 1 is 0.878 bits per heavy atom. The third-order valence-electron chi connectivity index (χ3n) is 6.31. The molecule has 3 rings (SSSR count). The molecule has 0 radical (unpaired) electrons. The van der Waals surface area contributed by atoms with Gasteiger partial charge in [-0.1, -0.05) is 60.7 Å². The molecule has 0 heterocycles. The molecule has 0 fully saturated rings. The van der Waals surface area contributed by atoms with Gasteiger partial charge in [-0.05, 0) is 50.5 Å². The summed E-state index contributed by atoms with van der Waals surface area (Å²) in [5.74, 6) is -2.90. The average molecular weight is 586 g/mol. The van der Waals surface area contributed by atoms with E-state index in [-0.39, 0.29) is 49.9 Å². The van der Waals surface area contributed by atoms with E-state index < -0.39 is 33.2 Å². The monoisotopic (exact) mass is 585 g/mol. The highest BCUT2D eigenvalue weighted by molar-refractivity contribution is 7.92. The van der Waals surface area contributed by atoms with Gasteiger partial charge < -0.3 is 10.2 Å². The number of anilines is 1. The Kier molecular flexibility index (Phi) is 10.6. The Morgan fingerprint density at radius 3 is 2.00 bits per heavy atom. The highest BCUT2D eigenvalue weighted by Crippen LogP contribution is 2.22. The van der Waals surface area contributed by atoms with Crippen molar-refractivity contribution in [3.63, 3.8) is 0 Å². The van der Waals surface area contributed by atoms with Crippen molar-refractivity contribution < 1.29 is 26.8 Å². The Labute approximate surface area is 241 Å². The highest BCUT2D eigenvalue weighted by atomic mass is 32.2. The Bertz CT molecular complexity index is 1430. The van der Waals surface area contributed by atoms with Gasteiger partial charge in [0.1, 0.15) is 6.04 Å². The number of halogens is 2. The summed E-state index contributed by atoms with van der Waals surface area (Å²) < 4.78 is 53.2. The van der Waals surface area contributed by atoms with Crippen LogP contribution in [0.5, 0.6) is 0 Å². The summed E-state index contributed by atoms with van der Waals surface area (Å²) in [7, 11) is -3.85. The number of sulfonamides is 1. The Balaban J connectivity index is 1.88. The van der Waals surface area contributed by atoms with Gasteiger partial charge in [0.2, 0.25) is 21.8 Å². The number of rotatable bonds is 12. The van der Waals surface area contributed by atoms with E-state index in [1.54, 1.807) is 0 Å². The summed E-state index contributed by atoms with van der Waals surface area (Å²) in [4.78, 5) is 28.9. The second kappa shape index (κ2) is 13.7. The van der Waals surface area contributed by atoms with Crippen molar-refractivity contribution in [2.24, 2.45) is 0 Å². The molecule has 0 unspecified atom stereocenters. The molecule has 1 atom stereocenters. The van der Waals surface area contributed by atoms with Crippen molar-refractivity contribution in [3.05, 3.63) is 102 Å². The van der Waals surface area contributed by atoms with E-state index >= 15 is 0 Å². The molecule has 2 amide bonds. The van der Waals surface area contributed by atoms with Crippen LogP contribution in [-0.4, -0.2) is 49.5 Å². The van der Waals surface area contributed by atoms with Gasteiger partial charge in [-0.15, -0.1) is 0 Å². The fraction of sp³-hybridized carbons (Fsp3) is 0.355. The number of amides is 2. The molecule has 0 saturated carbocycles. The van der Waals surface area contributed by atoms with Gasteiger partial charge in [0, 0.05) is 37.5 Å². The van der Waals surface area contributed by atoms with Crippen LogP contribution in [0.2, 0.25) is 0 Å². The maximum atomic E-state index is 13.9. The molecular formula is C31H37F2N3O4S. The fourth-order valence-electron chi connectivity index (χ4n) is 4.43. The van der Waals surface area contributed by atoms with Gasteiger partial charge >= 0.3 is 0 Å². The van der Waals surface area contributed by atoms with Gasteiger partial charge in [-0.3, -0.25) is 13.9 Å². The summed E-state index contributed by atoms with van der Waals surface area (Å²) in [5.41, 5.74) is 1.15. The zero-order valence-corrected chi connectivity index (χ0v) is 24.6. The Hall–Kier alpha value is -3.79. The number of hydrogen-bond acceptors (Lipinski definition) is 4. The first kappa shape index (κ1) is 31.7. The first-order chi connectivity index (χ1) is 19.2. The molecule has 0 spiro atoms. The quantitative estimate of drug-likeness (QED) is 0.322. The fourth-order valence-corrected chi connectivity index (χ4v) is 5.39. The van der Waals surface area contributed by atoms with Crippen LogP contribution in [-0.2, 0) is 32.6 Å². The van der Waals surface area contributed by atoms with Crippen LogP contribution in [0.3, 0.4) is 0 Å². The molecule has 3 aromatic carbocycles. The number of carbonyl (C=O) groups excluding carboxylic acids is 2. The van der Waals surface area contributed by atoms with Gasteiger partial charge in [0.05, 0.1) is 11.9 Å². The molecule has 0 saturated heterocycles. The van der Waals surface area contributed by atoms with Crippen molar-refractivity contribution in [2.75, 3.05) is 17.1 Å². The maximum absolute atomic E-state index is 13.9. The van der Waals surface area contributed by atoms with Crippen LogP contribution in [0, 0.1) is 11.6 Å². The van der Waals surface area contributed by atoms with Gasteiger partial charge in [-0.2, -0.15) is 0 Å². The molecule has 0 aliphatic heterocycles. The molecule has 0 aliphatic rings. The van der Waals surface area contributed by atoms with E-state index in [9.17, 15) is 26.8 Å². The molecule has 7 nitrogen and oxygen atoms in total. The normalized spacial score (nSPS) is 12.4. The predicted molar refractivity (Wildman–Crippen MR) is 157 cm³/mol. The summed E-state index contributed by atoms with van der Waals surface area (Å²) in [6.45, 7) is 5.64. The molecule has 1 N–H and O–H groups in total. The molecule has 220 valence electrons. The third-order valence-corrected chi connectivity index (χ3v) is 7.50. The first-order valence-corrected chi connectivity index (χ1v) is 15.2. The van der Waals surface area contributed by atoms with Crippen molar-refractivity contribution in [1.82, 2.24) is 10.2 Å². The van der Waals surface area contributed by atoms with E-state index in [1.165, 1.54) is 11.0 Å². The topological polar surface area (TPSA) is 86.8 Å². The number of carbonyl (C=O) groups is 2. The van der Waals surface area contributed by atoms with E-state index in [1.807, 2.05) is 81.4 Å². The molecule has 10 heteroatoms. The van der Waals surface area contributed by atoms with Crippen LogP contribution >= 0.6 is 0 Å². The van der Waals surface area contributed by atoms with Crippen molar-refractivity contribution in [3.8, 4) is 0 Å². The molecule has 41 heavy (non-hydrogen) atoms. The number of hydrogen-bond donors (Lipinski definition) is 1. The third kappa shape index (κ3) is 9.67. The van der Waals surface area contributed by atoms with Crippen LogP contribution in [0.25, 0.3) is 0 Å². The second-order valence-electron chi connectivity index (χ2n) is 11.0. The number of nitrogens with zero attached hydrogens (tertiary/aromatic N) is 2. The van der Waals surface area contributed by atoms with E-state index in [4.69, 9.17) is 0 Å². The SMILES string of the molecule is CC(C)(C)NC(=O)[C@@H](Cc1ccccc1)N(Cc1ccccc1)C(=O)CCCN(c1ccc(F)c(F)c1)S(C)(=O)=O. The number of benzene rings is 3. The molecule has 0 aliphatic carbocycles. The minimum absolute atomic E-state index is 0.0356. The smallest absolute Gasteiger partial charge is 0.243 e. The molecule has 0 aromatic heterocycles. The highest BCUT2D eigenvalue weighted by Gasteiger charge is 2.32. The van der Waals surface area contributed by atoms with E-state index in [0.29, 0.717) is 0 Å². The summed E-state index contributed by atoms with van der Waals surface area (Å²) in [5, 5.41) is 3.00. The largest absolute Gasteiger partial charge is 0.350 e. The first-order valence-electron chi connectivity index (χ1n) is 13.4. The van der Waals surface area contributed by atoms with Crippen LogP contribution in [0.4, 0.5) is 14.5 Å².